The van der Waals surface area contributed by atoms with Crippen LogP contribution >= 0.6 is 23.2 Å². The molecular formula is C11H16Cl2N4O. The van der Waals surface area contributed by atoms with Gasteiger partial charge < -0.3 is 11.1 Å². The third kappa shape index (κ3) is 4.76. The molecule has 0 aliphatic carbocycles. The van der Waals surface area contributed by atoms with Gasteiger partial charge in [-0.05, 0) is 25.3 Å². The Labute approximate surface area is 116 Å². The number of nitrogens with one attached hydrogen (secondary N) is 1. The molecule has 0 spiro atoms. The van der Waals surface area contributed by atoms with Crippen molar-refractivity contribution in [1.82, 2.24) is 9.97 Å². The molecule has 0 saturated carbocycles. The number of aromatic nitrogens is 2. The summed E-state index contributed by atoms with van der Waals surface area (Å²) in [7, 11) is 0. The largest absolute Gasteiger partial charge is 0.330 e. The SMILES string of the molecule is CC(CCN)CCC(=O)Nc1c(Cl)ncnc1Cl. The highest BCUT2D eigenvalue weighted by atomic mass is 35.5. The maximum Gasteiger partial charge on any atom is 0.224 e. The molecule has 1 amide bonds. The molecular weight excluding hydrogens is 275 g/mol. The van der Waals surface area contributed by atoms with Crippen molar-refractivity contribution in [2.75, 3.05) is 11.9 Å². The first-order chi connectivity index (χ1) is 8.54. The number of amides is 1. The second-order valence-corrected chi connectivity index (χ2v) is 4.82. The van der Waals surface area contributed by atoms with E-state index in [0.29, 0.717) is 18.9 Å². The normalized spacial score (nSPS) is 12.2. The Kier molecular flexibility index (Phi) is 6.32. The van der Waals surface area contributed by atoms with Crippen LogP contribution in [0.2, 0.25) is 10.3 Å². The van der Waals surface area contributed by atoms with Gasteiger partial charge in [-0.3, -0.25) is 4.79 Å². The van der Waals surface area contributed by atoms with E-state index in [9.17, 15) is 4.79 Å². The third-order valence-corrected chi connectivity index (χ3v) is 3.12. The number of nitrogens with two attached hydrogens (primary N) is 1. The summed E-state index contributed by atoms with van der Waals surface area (Å²) < 4.78 is 0. The summed E-state index contributed by atoms with van der Waals surface area (Å²) in [6.07, 6.45) is 3.31. The van der Waals surface area contributed by atoms with Crippen molar-refractivity contribution in [3.05, 3.63) is 16.6 Å². The first-order valence-corrected chi connectivity index (χ1v) is 6.46. The van der Waals surface area contributed by atoms with E-state index < -0.39 is 0 Å². The maximum atomic E-state index is 11.7. The fourth-order valence-corrected chi connectivity index (χ4v) is 1.87. The molecule has 1 rings (SSSR count). The fourth-order valence-electron chi connectivity index (χ4n) is 1.46. The van der Waals surface area contributed by atoms with Gasteiger partial charge in [0.15, 0.2) is 10.3 Å². The summed E-state index contributed by atoms with van der Waals surface area (Å²) in [5.41, 5.74) is 5.71. The summed E-state index contributed by atoms with van der Waals surface area (Å²) >= 11 is 11.6. The molecule has 1 aromatic rings. The minimum atomic E-state index is -0.155. The van der Waals surface area contributed by atoms with Crippen LogP contribution in [0.15, 0.2) is 6.33 Å². The highest BCUT2D eigenvalue weighted by molar-refractivity contribution is 6.38. The Morgan fingerprint density at radius 3 is 2.56 bits per heavy atom. The van der Waals surface area contributed by atoms with E-state index in [1.54, 1.807) is 0 Å². The quantitative estimate of drug-likeness (QED) is 0.789. The minimum Gasteiger partial charge on any atom is -0.330 e. The molecule has 0 aliphatic rings. The number of hydrogen-bond donors (Lipinski definition) is 2. The van der Waals surface area contributed by atoms with Crippen molar-refractivity contribution >= 4 is 34.8 Å². The van der Waals surface area contributed by atoms with E-state index in [4.69, 9.17) is 28.9 Å². The minimum absolute atomic E-state index is 0.137. The van der Waals surface area contributed by atoms with Gasteiger partial charge in [-0.15, -0.1) is 0 Å². The Morgan fingerprint density at radius 2 is 2.00 bits per heavy atom. The number of carbonyl (C=O) groups is 1. The number of rotatable bonds is 6. The van der Waals surface area contributed by atoms with Gasteiger partial charge in [0.2, 0.25) is 5.91 Å². The lowest BCUT2D eigenvalue weighted by Gasteiger charge is -2.10. The lowest BCUT2D eigenvalue weighted by molar-refractivity contribution is -0.116. The zero-order valence-corrected chi connectivity index (χ0v) is 11.6. The highest BCUT2D eigenvalue weighted by Gasteiger charge is 2.12. The number of carbonyl (C=O) groups excluding carboxylic acids is 1. The van der Waals surface area contributed by atoms with Crippen LogP contribution in [0.1, 0.15) is 26.2 Å². The lowest BCUT2D eigenvalue weighted by Crippen LogP contribution is -2.15. The molecule has 0 radical (unpaired) electrons. The maximum absolute atomic E-state index is 11.7. The molecule has 100 valence electrons. The van der Waals surface area contributed by atoms with Crippen LogP contribution in [0.4, 0.5) is 5.69 Å². The van der Waals surface area contributed by atoms with Crippen LogP contribution in [0, 0.1) is 5.92 Å². The van der Waals surface area contributed by atoms with Gasteiger partial charge in [-0.2, -0.15) is 0 Å². The van der Waals surface area contributed by atoms with Gasteiger partial charge in [-0.25, -0.2) is 9.97 Å². The van der Waals surface area contributed by atoms with E-state index in [0.717, 1.165) is 12.8 Å². The molecule has 1 aromatic heterocycles. The predicted octanol–water partition coefficient (Wildman–Crippen LogP) is 2.49. The van der Waals surface area contributed by atoms with Crippen molar-refractivity contribution in [3.63, 3.8) is 0 Å². The molecule has 0 fully saturated rings. The summed E-state index contributed by atoms with van der Waals surface area (Å²) in [5, 5.41) is 2.89. The summed E-state index contributed by atoms with van der Waals surface area (Å²) in [5.74, 6) is 0.260. The van der Waals surface area contributed by atoms with Crippen molar-refractivity contribution < 1.29 is 4.79 Å². The second kappa shape index (κ2) is 7.51. The number of anilines is 1. The van der Waals surface area contributed by atoms with E-state index in [2.05, 4.69) is 22.2 Å². The molecule has 3 N–H and O–H groups in total. The highest BCUT2D eigenvalue weighted by Crippen LogP contribution is 2.26. The smallest absolute Gasteiger partial charge is 0.224 e. The molecule has 0 aromatic carbocycles. The standard InChI is InChI=1S/C11H16Cl2N4O/c1-7(4-5-14)2-3-8(18)17-9-10(12)15-6-16-11(9)13/h6-7H,2-5,14H2,1H3,(H,17,18). The van der Waals surface area contributed by atoms with Crippen molar-refractivity contribution in [2.24, 2.45) is 11.7 Å². The molecule has 0 bridgehead atoms. The van der Waals surface area contributed by atoms with E-state index in [1.165, 1.54) is 6.33 Å². The molecule has 0 saturated heterocycles. The van der Waals surface area contributed by atoms with E-state index in [-0.39, 0.29) is 21.9 Å². The number of halogens is 2. The van der Waals surface area contributed by atoms with Crippen LogP contribution in [0.5, 0.6) is 0 Å². The van der Waals surface area contributed by atoms with Crippen LogP contribution in [0.3, 0.4) is 0 Å². The first-order valence-electron chi connectivity index (χ1n) is 5.70. The molecule has 0 aliphatic heterocycles. The summed E-state index contributed by atoms with van der Waals surface area (Å²) in [4.78, 5) is 19.2. The predicted molar refractivity (Wildman–Crippen MR) is 72.8 cm³/mol. The molecule has 5 nitrogen and oxygen atoms in total. The molecule has 1 atom stereocenters. The van der Waals surface area contributed by atoms with E-state index in [1.807, 2.05) is 0 Å². The lowest BCUT2D eigenvalue weighted by atomic mass is 10.0. The van der Waals surface area contributed by atoms with Gasteiger partial charge in [0.25, 0.3) is 0 Å². The Hall–Kier alpha value is -0.910. The fraction of sp³-hybridized carbons (Fsp3) is 0.545. The van der Waals surface area contributed by atoms with Crippen molar-refractivity contribution in [3.8, 4) is 0 Å². The third-order valence-electron chi connectivity index (χ3n) is 2.54. The van der Waals surface area contributed by atoms with E-state index >= 15 is 0 Å². The van der Waals surface area contributed by atoms with Crippen molar-refractivity contribution in [1.29, 1.82) is 0 Å². The van der Waals surface area contributed by atoms with Crippen LogP contribution in [0.25, 0.3) is 0 Å². The average Bonchev–Trinajstić information content (AvgIpc) is 2.32. The summed E-state index contributed by atoms with van der Waals surface area (Å²) in [6.45, 7) is 2.69. The molecule has 18 heavy (non-hydrogen) atoms. The second-order valence-electron chi connectivity index (χ2n) is 4.10. The van der Waals surface area contributed by atoms with Gasteiger partial charge in [0, 0.05) is 6.42 Å². The average molecular weight is 291 g/mol. The summed E-state index contributed by atoms with van der Waals surface area (Å²) in [6, 6.07) is 0. The van der Waals surface area contributed by atoms with Crippen LogP contribution < -0.4 is 11.1 Å². The van der Waals surface area contributed by atoms with Crippen molar-refractivity contribution in [2.45, 2.75) is 26.2 Å². The topological polar surface area (TPSA) is 80.9 Å². The molecule has 1 unspecified atom stereocenters. The number of hydrogen-bond acceptors (Lipinski definition) is 4. The van der Waals surface area contributed by atoms with Gasteiger partial charge in [-0.1, -0.05) is 30.1 Å². The van der Waals surface area contributed by atoms with Gasteiger partial charge in [0.05, 0.1) is 0 Å². The molecule has 7 heteroatoms. The Bertz CT molecular complexity index is 394. The van der Waals surface area contributed by atoms with Crippen LogP contribution in [-0.2, 0) is 4.79 Å². The van der Waals surface area contributed by atoms with Gasteiger partial charge in [0.1, 0.15) is 12.0 Å². The van der Waals surface area contributed by atoms with Gasteiger partial charge >= 0.3 is 0 Å². The Morgan fingerprint density at radius 1 is 1.39 bits per heavy atom. The number of nitrogens with zero attached hydrogens (tertiary/aromatic N) is 2. The zero-order valence-electron chi connectivity index (χ0n) is 10.1. The monoisotopic (exact) mass is 290 g/mol. The zero-order chi connectivity index (χ0) is 13.5. The van der Waals surface area contributed by atoms with Crippen LogP contribution in [-0.4, -0.2) is 22.4 Å². The molecule has 1 heterocycles. The Balaban J connectivity index is 2.50. The first kappa shape index (κ1) is 15.1.